The molecule has 0 atom stereocenters. The predicted octanol–water partition coefficient (Wildman–Crippen LogP) is 0.754. The summed E-state index contributed by atoms with van der Waals surface area (Å²) in [6, 6.07) is 0. The van der Waals surface area contributed by atoms with E-state index >= 15 is 0 Å². The maximum atomic E-state index is 11.5. The van der Waals surface area contributed by atoms with Crippen molar-refractivity contribution in [2.75, 3.05) is 19.0 Å². The van der Waals surface area contributed by atoms with E-state index in [0.29, 0.717) is 29.7 Å². The second kappa shape index (κ2) is 5.30. The van der Waals surface area contributed by atoms with Gasteiger partial charge in [0.2, 0.25) is 0 Å². The molecule has 1 saturated carbocycles. The third-order valence-electron chi connectivity index (χ3n) is 3.08. The van der Waals surface area contributed by atoms with Crippen molar-refractivity contribution >= 4 is 11.8 Å². The van der Waals surface area contributed by atoms with Gasteiger partial charge in [0.15, 0.2) is 0 Å². The minimum Gasteiger partial charge on any atom is -0.465 e. The van der Waals surface area contributed by atoms with Gasteiger partial charge in [-0.25, -0.2) is 14.8 Å². The van der Waals surface area contributed by atoms with Crippen molar-refractivity contribution in [1.29, 1.82) is 0 Å². The van der Waals surface area contributed by atoms with Crippen LogP contribution >= 0.6 is 0 Å². The van der Waals surface area contributed by atoms with Gasteiger partial charge in [-0.15, -0.1) is 0 Å². The molecule has 0 aliphatic heterocycles. The van der Waals surface area contributed by atoms with Crippen LogP contribution in [-0.2, 0) is 4.74 Å². The van der Waals surface area contributed by atoms with Crippen molar-refractivity contribution in [3.05, 3.63) is 17.6 Å². The number of aliphatic hydroxyl groups is 1. The number of carbonyl (C=O) groups is 1. The van der Waals surface area contributed by atoms with E-state index in [9.17, 15) is 9.90 Å². The van der Waals surface area contributed by atoms with Gasteiger partial charge in [-0.1, -0.05) is 0 Å². The number of aryl methyl sites for hydroxylation is 1. The lowest BCUT2D eigenvalue weighted by Crippen LogP contribution is -2.33. The molecule has 2 rings (SSSR count). The lowest BCUT2D eigenvalue weighted by atomic mass is 9.82. The van der Waals surface area contributed by atoms with E-state index in [1.54, 1.807) is 6.92 Å². The van der Waals surface area contributed by atoms with Crippen molar-refractivity contribution in [1.82, 2.24) is 9.97 Å². The third kappa shape index (κ3) is 2.76. The van der Waals surface area contributed by atoms with Gasteiger partial charge in [0.1, 0.15) is 17.2 Å². The molecule has 0 spiro atoms. The van der Waals surface area contributed by atoms with Crippen LogP contribution in [0.3, 0.4) is 0 Å². The van der Waals surface area contributed by atoms with Crippen LogP contribution in [0.4, 0.5) is 5.82 Å². The Morgan fingerprint density at radius 2 is 2.33 bits per heavy atom. The van der Waals surface area contributed by atoms with Crippen LogP contribution in [0.15, 0.2) is 6.20 Å². The third-order valence-corrected chi connectivity index (χ3v) is 3.08. The van der Waals surface area contributed by atoms with E-state index in [1.165, 1.54) is 13.3 Å². The van der Waals surface area contributed by atoms with Crippen LogP contribution < -0.4 is 5.32 Å². The molecule has 0 aromatic carbocycles. The second-order valence-corrected chi connectivity index (χ2v) is 4.54. The van der Waals surface area contributed by atoms with Crippen LogP contribution in [0.25, 0.3) is 0 Å². The average Bonchev–Trinajstić information content (AvgIpc) is 2.32. The Morgan fingerprint density at radius 1 is 1.61 bits per heavy atom. The molecule has 1 aromatic rings. The topological polar surface area (TPSA) is 84.3 Å². The summed E-state index contributed by atoms with van der Waals surface area (Å²) in [6.45, 7) is 2.46. The van der Waals surface area contributed by atoms with Gasteiger partial charge in [0.05, 0.1) is 13.2 Å². The Balaban J connectivity index is 2.05. The number of ether oxygens (including phenoxy) is 1. The summed E-state index contributed by atoms with van der Waals surface area (Å²) in [5.74, 6) is 1.07. The molecule has 0 radical (unpaired) electrons. The smallest absolute Gasteiger partial charge is 0.343 e. The van der Waals surface area contributed by atoms with E-state index in [-0.39, 0.29) is 6.10 Å². The molecule has 0 unspecified atom stereocenters. The van der Waals surface area contributed by atoms with Crippen molar-refractivity contribution < 1.29 is 14.6 Å². The second-order valence-electron chi connectivity index (χ2n) is 4.54. The first kappa shape index (κ1) is 12.8. The zero-order valence-corrected chi connectivity index (χ0v) is 10.5. The highest BCUT2D eigenvalue weighted by Crippen LogP contribution is 2.27. The summed E-state index contributed by atoms with van der Waals surface area (Å²) in [5.41, 5.74) is 0.336. The number of hydrogen-bond acceptors (Lipinski definition) is 6. The largest absolute Gasteiger partial charge is 0.465 e. The Hall–Kier alpha value is -1.69. The van der Waals surface area contributed by atoms with E-state index < -0.39 is 5.97 Å². The van der Waals surface area contributed by atoms with E-state index in [1.807, 2.05) is 0 Å². The van der Waals surface area contributed by atoms with Crippen LogP contribution in [0.1, 0.15) is 29.0 Å². The quantitative estimate of drug-likeness (QED) is 0.768. The van der Waals surface area contributed by atoms with Crippen LogP contribution in [-0.4, -0.2) is 40.8 Å². The SMILES string of the molecule is COC(=O)c1cnc(C)nc1NCC1CC(O)C1. The number of aliphatic hydroxyl groups excluding tert-OH is 1. The number of nitrogens with zero attached hydrogens (tertiary/aromatic N) is 2. The summed E-state index contributed by atoms with van der Waals surface area (Å²) in [6.07, 6.45) is 2.88. The van der Waals surface area contributed by atoms with E-state index in [2.05, 4.69) is 20.0 Å². The Morgan fingerprint density at radius 3 is 2.94 bits per heavy atom. The number of carbonyl (C=O) groups excluding carboxylic acids is 1. The van der Waals surface area contributed by atoms with Crippen LogP contribution in [0.5, 0.6) is 0 Å². The Labute approximate surface area is 105 Å². The van der Waals surface area contributed by atoms with Gasteiger partial charge in [-0.05, 0) is 25.7 Å². The molecular formula is C12H17N3O3. The van der Waals surface area contributed by atoms with Gasteiger partial charge in [-0.2, -0.15) is 0 Å². The fourth-order valence-corrected chi connectivity index (χ4v) is 1.97. The molecule has 6 heteroatoms. The average molecular weight is 251 g/mol. The lowest BCUT2D eigenvalue weighted by Gasteiger charge is -2.31. The molecule has 2 N–H and O–H groups in total. The highest BCUT2D eigenvalue weighted by atomic mass is 16.5. The first-order chi connectivity index (χ1) is 8.60. The molecule has 6 nitrogen and oxygen atoms in total. The monoisotopic (exact) mass is 251 g/mol. The fraction of sp³-hybridized carbons (Fsp3) is 0.583. The zero-order chi connectivity index (χ0) is 13.1. The van der Waals surface area contributed by atoms with Crippen molar-refractivity contribution in [2.45, 2.75) is 25.9 Å². The molecule has 1 fully saturated rings. The van der Waals surface area contributed by atoms with Gasteiger partial charge in [-0.3, -0.25) is 0 Å². The number of anilines is 1. The molecule has 18 heavy (non-hydrogen) atoms. The van der Waals surface area contributed by atoms with Gasteiger partial charge >= 0.3 is 5.97 Å². The normalized spacial score (nSPS) is 22.2. The number of esters is 1. The lowest BCUT2D eigenvalue weighted by molar-refractivity contribution is 0.0485. The van der Waals surface area contributed by atoms with E-state index in [0.717, 1.165) is 12.8 Å². The summed E-state index contributed by atoms with van der Waals surface area (Å²) < 4.78 is 4.68. The number of hydrogen-bond donors (Lipinski definition) is 2. The zero-order valence-electron chi connectivity index (χ0n) is 10.5. The van der Waals surface area contributed by atoms with Crippen LogP contribution in [0, 0.1) is 12.8 Å². The number of nitrogens with one attached hydrogen (secondary N) is 1. The maximum Gasteiger partial charge on any atom is 0.343 e. The number of methoxy groups -OCH3 is 1. The van der Waals surface area contributed by atoms with Crippen molar-refractivity contribution in [3.8, 4) is 0 Å². The first-order valence-electron chi connectivity index (χ1n) is 5.94. The van der Waals surface area contributed by atoms with Gasteiger partial charge in [0.25, 0.3) is 0 Å². The summed E-state index contributed by atoms with van der Waals surface area (Å²) in [4.78, 5) is 19.7. The molecule has 1 heterocycles. The molecule has 1 aliphatic rings. The molecule has 1 aliphatic carbocycles. The minimum atomic E-state index is -0.453. The Kier molecular flexibility index (Phi) is 3.76. The molecular weight excluding hydrogens is 234 g/mol. The summed E-state index contributed by atoms with van der Waals surface area (Å²) in [7, 11) is 1.33. The first-order valence-corrected chi connectivity index (χ1v) is 5.94. The highest BCUT2D eigenvalue weighted by molar-refractivity contribution is 5.94. The number of aromatic nitrogens is 2. The molecule has 98 valence electrons. The standard InChI is InChI=1S/C12H17N3O3/c1-7-13-6-10(12(17)18-2)11(15-7)14-5-8-3-9(16)4-8/h6,8-9,16H,3-5H2,1-2H3,(H,13,14,15). The fourth-order valence-electron chi connectivity index (χ4n) is 1.97. The van der Waals surface area contributed by atoms with Crippen LogP contribution in [0.2, 0.25) is 0 Å². The van der Waals surface area contributed by atoms with Gasteiger partial charge < -0.3 is 15.2 Å². The van der Waals surface area contributed by atoms with Crippen molar-refractivity contribution in [2.24, 2.45) is 5.92 Å². The van der Waals surface area contributed by atoms with Crippen molar-refractivity contribution in [3.63, 3.8) is 0 Å². The number of rotatable bonds is 4. The maximum absolute atomic E-state index is 11.5. The molecule has 0 amide bonds. The molecule has 1 aromatic heterocycles. The molecule has 0 bridgehead atoms. The Bertz CT molecular complexity index is 444. The highest BCUT2D eigenvalue weighted by Gasteiger charge is 2.27. The summed E-state index contributed by atoms with van der Waals surface area (Å²) >= 11 is 0. The molecule has 0 saturated heterocycles. The summed E-state index contributed by atoms with van der Waals surface area (Å²) in [5, 5.41) is 12.3. The van der Waals surface area contributed by atoms with Gasteiger partial charge in [0, 0.05) is 12.7 Å². The van der Waals surface area contributed by atoms with E-state index in [4.69, 9.17) is 0 Å². The minimum absolute atomic E-state index is 0.177. The predicted molar refractivity (Wildman–Crippen MR) is 65.3 cm³/mol.